The van der Waals surface area contributed by atoms with Crippen LogP contribution in [0.15, 0.2) is 18.2 Å². The number of benzene rings is 1. The SMILES string of the molecule is Cc1cc(C(F)(C(F)(F)F)C(F)(F)F)ccc1I. The minimum Gasteiger partial charge on any atom is -0.218 e. The van der Waals surface area contributed by atoms with E-state index in [2.05, 4.69) is 0 Å². The maximum atomic E-state index is 13.6. The summed E-state index contributed by atoms with van der Waals surface area (Å²) in [7, 11) is 0. The molecule has 0 heterocycles. The van der Waals surface area contributed by atoms with E-state index in [-0.39, 0.29) is 5.56 Å². The summed E-state index contributed by atoms with van der Waals surface area (Å²) >= 11 is 1.73. The Morgan fingerprint density at radius 1 is 0.889 bits per heavy atom. The standard InChI is InChI=1S/C10H6F7I/c1-5-4-6(2-3-7(5)18)8(11,9(12,13)14)10(15,16)17/h2-4H,1H3. The quantitative estimate of drug-likeness (QED) is 0.477. The Balaban J connectivity index is 3.51. The molecule has 1 aromatic rings. The van der Waals surface area contributed by atoms with Gasteiger partial charge in [-0.2, -0.15) is 26.3 Å². The van der Waals surface area contributed by atoms with Crippen molar-refractivity contribution in [3.05, 3.63) is 32.9 Å². The smallest absolute Gasteiger partial charge is 0.218 e. The fourth-order valence-corrected chi connectivity index (χ4v) is 1.68. The highest BCUT2D eigenvalue weighted by atomic mass is 127. The molecule has 0 aliphatic rings. The van der Waals surface area contributed by atoms with Crippen LogP contribution in [0.4, 0.5) is 30.7 Å². The van der Waals surface area contributed by atoms with Gasteiger partial charge in [0, 0.05) is 9.13 Å². The van der Waals surface area contributed by atoms with Crippen molar-refractivity contribution in [3.63, 3.8) is 0 Å². The van der Waals surface area contributed by atoms with Crippen molar-refractivity contribution in [3.8, 4) is 0 Å². The first-order valence-electron chi connectivity index (χ1n) is 4.50. The molecule has 102 valence electrons. The first-order valence-corrected chi connectivity index (χ1v) is 5.58. The highest BCUT2D eigenvalue weighted by molar-refractivity contribution is 14.1. The molecule has 1 aromatic carbocycles. The Morgan fingerprint density at radius 2 is 1.33 bits per heavy atom. The summed E-state index contributed by atoms with van der Waals surface area (Å²) in [5, 5.41) is 0. The molecule has 0 nitrogen and oxygen atoms in total. The molecule has 0 radical (unpaired) electrons. The van der Waals surface area contributed by atoms with Crippen molar-refractivity contribution in [1.82, 2.24) is 0 Å². The zero-order valence-electron chi connectivity index (χ0n) is 8.76. The van der Waals surface area contributed by atoms with Gasteiger partial charge >= 0.3 is 18.0 Å². The monoisotopic (exact) mass is 386 g/mol. The van der Waals surface area contributed by atoms with E-state index in [1.807, 2.05) is 0 Å². The van der Waals surface area contributed by atoms with Gasteiger partial charge < -0.3 is 0 Å². The third kappa shape index (κ3) is 2.43. The van der Waals surface area contributed by atoms with Crippen LogP contribution in [-0.4, -0.2) is 12.4 Å². The molecule has 0 saturated carbocycles. The fraction of sp³-hybridized carbons (Fsp3) is 0.400. The first-order chi connectivity index (χ1) is 7.91. The topological polar surface area (TPSA) is 0 Å². The van der Waals surface area contributed by atoms with Gasteiger partial charge in [-0.1, -0.05) is 12.1 Å². The number of rotatable bonds is 1. The van der Waals surface area contributed by atoms with Crippen LogP contribution in [0.25, 0.3) is 0 Å². The van der Waals surface area contributed by atoms with Crippen molar-refractivity contribution >= 4 is 22.6 Å². The Morgan fingerprint density at radius 3 is 1.67 bits per heavy atom. The summed E-state index contributed by atoms with van der Waals surface area (Å²) < 4.78 is 88.6. The van der Waals surface area contributed by atoms with Crippen molar-refractivity contribution in [2.45, 2.75) is 24.9 Å². The molecule has 0 aromatic heterocycles. The van der Waals surface area contributed by atoms with E-state index in [1.54, 1.807) is 22.6 Å². The van der Waals surface area contributed by atoms with Crippen LogP contribution in [0, 0.1) is 10.5 Å². The van der Waals surface area contributed by atoms with Gasteiger partial charge in [0.2, 0.25) is 0 Å². The van der Waals surface area contributed by atoms with Gasteiger partial charge in [0.05, 0.1) is 0 Å². The molecule has 18 heavy (non-hydrogen) atoms. The number of alkyl halides is 7. The summed E-state index contributed by atoms with van der Waals surface area (Å²) in [6.45, 7) is 1.30. The number of hydrogen-bond acceptors (Lipinski definition) is 0. The lowest BCUT2D eigenvalue weighted by atomic mass is 9.93. The third-order valence-corrected chi connectivity index (χ3v) is 3.55. The maximum Gasteiger partial charge on any atom is 0.435 e. The molecule has 0 amide bonds. The van der Waals surface area contributed by atoms with E-state index in [4.69, 9.17) is 0 Å². The number of halogens is 8. The van der Waals surface area contributed by atoms with Gasteiger partial charge in [0.25, 0.3) is 0 Å². The van der Waals surface area contributed by atoms with Gasteiger partial charge in [-0.25, -0.2) is 4.39 Å². The predicted octanol–water partition coefficient (Wildman–Crippen LogP) is 4.89. The second kappa shape index (κ2) is 4.53. The zero-order valence-corrected chi connectivity index (χ0v) is 10.9. The minimum absolute atomic E-state index is 0.142. The average molecular weight is 386 g/mol. The molecule has 0 spiro atoms. The summed E-state index contributed by atoms with van der Waals surface area (Å²) in [4.78, 5) is 0. The van der Waals surface area contributed by atoms with Crippen LogP contribution in [0.3, 0.4) is 0 Å². The molecule has 0 bridgehead atoms. The Bertz CT molecular complexity index is 433. The molecular formula is C10H6F7I. The maximum absolute atomic E-state index is 13.6. The van der Waals surface area contributed by atoms with Crippen molar-refractivity contribution < 1.29 is 30.7 Å². The molecule has 0 N–H and O–H groups in total. The average Bonchev–Trinajstić information content (AvgIpc) is 2.17. The fourth-order valence-electron chi connectivity index (χ4n) is 1.35. The van der Waals surface area contributed by atoms with Crippen LogP contribution in [-0.2, 0) is 5.67 Å². The second-order valence-electron chi connectivity index (χ2n) is 3.62. The van der Waals surface area contributed by atoms with Gasteiger partial charge in [0.1, 0.15) is 0 Å². The van der Waals surface area contributed by atoms with Crippen molar-refractivity contribution in [2.75, 3.05) is 0 Å². The van der Waals surface area contributed by atoms with Gasteiger partial charge in [0.15, 0.2) is 0 Å². The summed E-state index contributed by atoms with van der Waals surface area (Å²) in [5.41, 5.74) is -6.67. The van der Waals surface area contributed by atoms with E-state index < -0.39 is 23.6 Å². The Labute approximate surface area is 111 Å². The van der Waals surface area contributed by atoms with Gasteiger partial charge in [-0.05, 0) is 41.1 Å². The summed E-state index contributed by atoms with van der Waals surface area (Å²) in [5.74, 6) is 0. The normalized spacial score (nSPS) is 13.8. The number of hydrogen-bond donors (Lipinski definition) is 0. The highest BCUT2D eigenvalue weighted by Crippen LogP contribution is 2.53. The summed E-state index contributed by atoms with van der Waals surface area (Å²) in [6, 6.07) is 2.07. The van der Waals surface area contributed by atoms with Crippen molar-refractivity contribution in [2.24, 2.45) is 0 Å². The number of aryl methyl sites for hydroxylation is 1. The largest absolute Gasteiger partial charge is 0.435 e. The molecule has 0 unspecified atom stereocenters. The lowest BCUT2D eigenvalue weighted by molar-refractivity contribution is -0.348. The zero-order chi connectivity index (χ0) is 14.4. The van der Waals surface area contributed by atoms with Crippen LogP contribution in [0.2, 0.25) is 0 Å². The molecule has 1 rings (SSSR count). The van der Waals surface area contributed by atoms with Gasteiger partial charge in [-0.15, -0.1) is 0 Å². The molecule has 0 saturated heterocycles. The molecular weight excluding hydrogens is 380 g/mol. The molecule has 0 atom stereocenters. The second-order valence-corrected chi connectivity index (χ2v) is 4.78. The van der Waals surface area contributed by atoms with E-state index in [1.165, 1.54) is 6.92 Å². The predicted molar refractivity (Wildman–Crippen MR) is 58.8 cm³/mol. The van der Waals surface area contributed by atoms with Crippen molar-refractivity contribution in [1.29, 1.82) is 0 Å². The molecule has 0 aliphatic heterocycles. The lowest BCUT2D eigenvalue weighted by Crippen LogP contribution is -2.50. The first kappa shape index (κ1) is 15.5. The third-order valence-electron chi connectivity index (χ3n) is 2.34. The van der Waals surface area contributed by atoms with E-state index in [9.17, 15) is 30.7 Å². The minimum atomic E-state index is -6.07. The van der Waals surface area contributed by atoms with Gasteiger partial charge in [-0.3, -0.25) is 0 Å². The van der Waals surface area contributed by atoms with Crippen LogP contribution in [0.1, 0.15) is 11.1 Å². The van der Waals surface area contributed by atoms with E-state index >= 15 is 0 Å². The lowest BCUT2D eigenvalue weighted by Gasteiger charge is -2.30. The Kier molecular flexibility index (Phi) is 3.91. The van der Waals surface area contributed by atoms with Crippen LogP contribution in [0.5, 0.6) is 0 Å². The molecule has 0 aliphatic carbocycles. The van der Waals surface area contributed by atoms with Crippen LogP contribution < -0.4 is 0 Å². The van der Waals surface area contributed by atoms with E-state index in [0.29, 0.717) is 15.7 Å². The summed E-state index contributed by atoms with van der Waals surface area (Å²) in [6.07, 6.45) is -12.1. The molecule has 8 heteroatoms. The highest BCUT2D eigenvalue weighted by Gasteiger charge is 2.73. The molecule has 0 fully saturated rings. The van der Waals surface area contributed by atoms with Crippen LogP contribution >= 0.6 is 22.6 Å². The van der Waals surface area contributed by atoms with E-state index in [0.717, 1.165) is 6.07 Å². The Hall–Kier alpha value is -0.540.